The Morgan fingerprint density at radius 2 is 1.94 bits per heavy atom. The number of benzene rings is 1. The van der Waals surface area contributed by atoms with E-state index in [2.05, 4.69) is 24.0 Å². The van der Waals surface area contributed by atoms with Gasteiger partial charge in [0.05, 0.1) is 23.0 Å². The van der Waals surface area contributed by atoms with Crippen molar-refractivity contribution in [3.63, 3.8) is 0 Å². The molecule has 0 spiro atoms. The fourth-order valence-electron chi connectivity index (χ4n) is 6.22. The van der Waals surface area contributed by atoms with Crippen molar-refractivity contribution < 1.29 is 9.50 Å². The second kappa shape index (κ2) is 7.98. The fraction of sp³-hybridized carbons (Fsp3) is 0.379. The summed E-state index contributed by atoms with van der Waals surface area (Å²) in [5, 5.41) is 20.5. The maximum atomic E-state index is 15.1. The molecule has 0 amide bonds. The van der Waals surface area contributed by atoms with Crippen LogP contribution in [0.15, 0.2) is 53.9 Å². The molecule has 1 fully saturated rings. The Hall–Kier alpha value is -3.59. The van der Waals surface area contributed by atoms with Gasteiger partial charge in [-0.1, -0.05) is 26.0 Å². The van der Waals surface area contributed by atoms with Gasteiger partial charge in [0.25, 0.3) is 0 Å². The molecule has 3 aliphatic rings. The van der Waals surface area contributed by atoms with E-state index in [9.17, 15) is 10.4 Å². The number of hydrogen-bond donors (Lipinski definition) is 1. The summed E-state index contributed by atoms with van der Waals surface area (Å²) in [4.78, 5) is 14.6. The van der Waals surface area contributed by atoms with E-state index >= 15 is 4.39 Å². The van der Waals surface area contributed by atoms with Gasteiger partial charge >= 0.3 is 0 Å². The van der Waals surface area contributed by atoms with E-state index in [0.717, 1.165) is 41.8 Å². The molecule has 0 bridgehead atoms. The molecule has 6 heteroatoms. The number of hydrogen-bond acceptors (Lipinski definition) is 5. The Kier molecular flexibility index (Phi) is 5.00. The number of rotatable bonds is 3. The summed E-state index contributed by atoms with van der Waals surface area (Å²) in [5.41, 5.74) is 4.77. The Labute approximate surface area is 204 Å². The third kappa shape index (κ3) is 3.44. The maximum Gasteiger partial charge on any atom is 0.160 e. The average Bonchev–Trinajstić information content (AvgIpc) is 3.72. The molecule has 2 aromatic heterocycles. The maximum absolute atomic E-state index is 15.1. The third-order valence-electron chi connectivity index (χ3n) is 8.26. The normalized spacial score (nSPS) is 25.5. The van der Waals surface area contributed by atoms with E-state index in [1.165, 1.54) is 6.07 Å². The number of allylic oxidation sites excluding steroid dienone is 2. The van der Waals surface area contributed by atoms with Gasteiger partial charge < -0.3 is 5.11 Å². The lowest BCUT2D eigenvalue weighted by Crippen LogP contribution is -2.45. The molecule has 3 aliphatic carbocycles. The molecule has 0 saturated heterocycles. The molecule has 0 aliphatic heterocycles. The number of nitriles is 1. The van der Waals surface area contributed by atoms with Crippen molar-refractivity contribution >= 4 is 0 Å². The van der Waals surface area contributed by atoms with Crippen molar-refractivity contribution in [1.29, 1.82) is 5.26 Å². The molecule has 2 heterocycles. The Morgan fingerprint density at radius 1 is 1.14 bits per heavy atom. The monoisotopic (exact) mass is 466 g/mol. The second-order valence-electron chi connectivity index (χ2n) is 10.5. The molecule has 35 heavy (non-hydrogen) atoms. The predicted molar refractivity (Wildman–Crippen MR) is 131 cm³/mol. The summed E-state index contributed by atoms with van der Waals surface area (Å²) in [6, 6.07) is 12.9. The van der Waals surface area contributed by atoms with Gasteiger partial charge in [-0.15, -0.1) is 0 Å². The Morgan fingerprint density at radius 3 is 2.69 bits per heavy atom. The van der Waals surface area contributed by atoms with Crippen molar-refractivity contribution in [3.8, 4) is 28.7 Å². The van der Waals surface area contributed by atoms with E-state index in [1.54, 1.807) is 18.3 Å². The first kappa shape index (κ1) is 21.9. The van der Waals surface area contributed by atoms with Gasteiger partial charge in [0.15, 0.2) is 5.82 Å². The summed E-state index contributed by atoms with van der Waals surface area (Å²) in [6.45, 7) is 4.13. The van der Waals surface area contributed by atoms with E-state index in [-0.39, 0.29) is 23.4 Å². The highest BCUT2D eigenvalue weighted by molar-refractivity contribution is 5.70. The van der Waals surface area contributed by atoms with Gasteiger partial charge in [-0.05, 0) is 62.3 Å². The van der Waals surface area contributed by atoms with Crippen molar-refractivity contribution in [2.45, 2.75) is 57.3 Å². The summed E-state index contributed by atoms with van der Waals surface area (Å²) in [7, 11) is 0. The molecular formula is C29H27FN4O. The third-order valence-corrected chi connectivity index (χ3v) is 8.26. The lowest BCUT2D eigenvalue weighted by atomic mass is 9.56. The number of aliphatic hydroxyl groups is 1. The minimum Gasteiger partial charge on any atom is -0.511 e. The van der Waals surface area contributed by atoms with E-state index < -0.39 is 5.41 Å². The lowest BCUT2D eigenvalue weighted by Gasteiger charge is -2.48. The van der Waals surface area contributed by atoms with Crippen molar-refractivity contribution in [1.82, 2.24) is 15.0 Å². The van der Waals surface area contributed by atoms with Crippen LogP contribution in [0, 0.1) is 29.0 Å². The van der Waals surface area contributed by atoms with Crippen LogP contribution in [0.5, 0.6) is 0 Å². The van der Waals surface area contributed by atoms with Gasteiger partial charge in [-0.3, -0.25) is 4.98 Å². The number of nitrogens with zero attached hydrogens (tertiary/aromatic N) is 4. The van der Waals surface area contributed by atoms with Gasteiger partial charge in [-0.25, -0.2) is 14.4 Å². The highest BCUT2D eigenvalue weighted by Gasteiger charge is 2.50. The Balaban J connectivity index is 1.60. The van der Waals surface area contributed by atoms with Crippen molar-refractivity contribution in [2.24, 2.45) is 11.8 Å². The quantitative estimate of drug-likeness (QED) is 0.482. The highest BCUT2D eigenvalue weighted by atomic mass is 19.1. The van der Waals surface area contributed by atoms with Crippen LogP contribution < -0.4 is 0 Å². The average molecular weight is 467 g/mol. The molecule has 5 nitrogen and oxygen atoms in total. The standard InChI is InChI=1S/C29H27FN4O/c1-16-22-10-9-21-25(20-5-3-4-6-23(20)30)33-28(18-11-12-32-24(13-18)17-7-8-17)34-27(21)29(22,2)14-19(15-31)26(16)35/h3-6,11-13,16-17,22,35H,7-10,14H2,1-2H3/t16-,22-,29-/m1/s1. The number of fused-ring (bicyclic) bond motifs is 3. The van der Waals surface area contributed by atoms with E-state index in [0.29, 0.717) is 41.4 Å². The number of pyridine rings is 1. The first-order chi connectivity index (χ1) is 16.9. The number of aromatic nitrogens is 3. The minimum absolute atomic E-state index is 0.128. The lowest BCUT2D eigenvalue weighted by molar-refractivity contribution is 0.136. The van der Waals surface area contributed by atoms with Crippen molar-refractivity contribution in [3.05, 3.63) is 76.7 Å². The summed E-state index contributed by atoms with van der Waals surface area (Å²) in [5.74, 6) is 0.915. The zero-order valence-electron chi connectivity index (χ0n) is 19.9. The molecule has 0 radical (unpaired) electrons. The first-order valence-electron chi connectivity index (χ1n) is 12.4. The zero-order valence-corrected chi connectivity index (χ0v) is 19.9. The van der Waals surface area contributed by atoms with E-state index in [1.807, 2.05) is 19.1 Å². The predicted octanol–water partition coefficient (Wildman–Crippen LogP) is 6.42. The smallest absolute Gasteiger partial charge is 0.160 e. The zero-order chi connectivity index (χ0) is 24.3. The first-order valence-corrected chi connectivity index (χ1v) is 12.4. The molecule has 3 atom stereocenters. The van der Waals surface area contributed by atoms with Crippen LogP contribution in [-0.2, 0) is 11.8 Å². The summed E-state index contributed by atoms with van der Waals surface area (Å²) in [6.07, 6.45) is 6.02. The minimum atomic E-state index is -0.464. The van der Waals surface area contributed by atoms with Crippen LogP contribution in [0.1, 0.15) is 62.4 Å². The van der Waals surface area contributed by atoms with Gasteiger partial charge in [0, 0.05) is 45.8 Å². The molecule has 1 aromatic carbocycles. The van der Waals surface area contributed by atoms with Crippen LogP contribution >= 0.6 is 0 Å². The summed E-state index contributed by atoms with van der Waals surface area (Å²) < 4.78 is 15.1. The van der Waals surface area contributed by atoms with Gasteiger partial charge in [0.2, 0.25) is 0 Å². The van der Waals surface area contributed by atoms with Crippen LogP contribution in [0.3, 0.4) is 0 Å². The largest absolute Gasteiger partial charge is 0.511 e. The molecular weight excluding hydrogens is 439 g/mol. The second-order valence-corrected chi connectivity index (χ2v) is 10.5. The van der Waals surface area contributed by atoms with Gasteiger partial charge in [0.1, 0.15) is 11.6 Å². The SMILES string of the molecule is C[C@H]1C(O)=C(C#N)C[C@@]2(C)c3nc(-c4ccnc(C5CC5)c4)nc(-c4ccccc4F)c3CC[C@H]12. The highest BCUT2D eigenvalue weighted by Crippen LogP contribution is 2.54. The summed E-state index contributed by atoms with van der Waals surface area (Å²) >= 11 is 0. The topological polar surface area (TPSA) is 82.7 Å². The fourth-order valence-corrected chi connectivity index (χ4v) is 6.22. The number of halogens is 1. The molecule has 3 aromatic rings. The molecule has 176 valence electrons. The molecule has 1 N–H and O–H groups in total. The molecule has 1 saturated carbocycles. The van der Waals surface area contributed by atoms with Crippen LogP contribution in [0.2, 0.25) is 0 Å². The number of aliphatic hydroxyl groups excluding tert-OH is 1. The van der Waals surface area contributed by atoms with Gasteiger partial charge in [-0.2, -0.15) is 5.26 Å². The van der Waals surface area contributed by atoms with Crippen LogP contribution in [-0.4, -0.2) is 20.1 Å². The van der Waals surface area contributed by atoms with Crippen LogP contribution in [0.4, 0.5) is 4.39 Å². The Bertz CT molecular complexity index is 1420. The van der Waals surface area contributed by atoms with E-state index in [4.69, 9.17) is 9.97 Å². The van der Waals surface area contributed by atoms with Crippen molar-refractivity contribution in [2.75, 3.05) is 0 Å². The van der Waals surface area contributed by atoms with Crippen LogP contribution in [0.25, 0.3) is 22.6 Å². The molecule has 0 unspecified atom stereocenters. The molecule has 6 rings (SSSR count).